The van der Waals surface area contributed by atoms with Gasteiger partial charge in [-0.3, -0.25) is 0 Å². The third kappa shape index (κ3) is 2.76. The van der Waals surface area contributed by atoms with Crippen LogP contribution in [0.25, 0.3) is 0 Å². The zero-order chi connectivity index (χ0) is 13.1. The number of piperidine rings is 2. The quantitative estimate of drug-likeness (QED) is 0.814. The molecule has 3 rings (SSSR count). The fourth-order valence-electron chi connectivity index (χ4n) is 3.59. The Hall–Kier alpha value is -1.09. The van der Waals surface area contributed by atoms with Crippen LogP contribution in [0.2, 0.25) is 0 Å². The molecule has 104 valence electrons. The molecule has 2 aliphatic rings. The smallest absolute Gasteiger partial charge is 0.128 e. The monoisotopic (exact) mass is 259 g/mol. The molecule has 3 heterocycles. The Bertz CT molecular complexity index is 386. The Kier molecular flexibility index (Phi) is 3.74. The maximum atomic E-state index is 4.48. The van der Waals surface area contributed by atoms with E-state index in [0.29, 0.717) is 5.41 Å². The van der Waals surface area contributed by atoms with Crippen LogP contribution in [0.1, 0.15) is 32.6 Å². The molecule has 0 aliphatic carbocycles. The summed E-state index contributed by atoms with van der Waals surface area (Å²) < 4.78 is 0. The standard InChI is InChI=1S/C16H25N3/c1-2-18-11-6-16(7-12-18)8-13-19(14-9-16)15-5-3-4-10-17-15/h3-5,10H,2,6-9,11-14H2,1H3. The number of hydrogen-bond donors (Lipinski definition) is 0. The molecule has 3 heteroatoms. The van der Waals surface area contributed by atoms with Crippen molar-refractivity contribution in [2.45, 2.75) is 32.6 Å². The lowest BCUT2D eigenvalue weighted by molar-refractivity contribution is 0.0830. The summed E-state index contributed by atoms with van der Waals surface area (Å²) in [6.45, 7) is 8.48. The van der Waals surface area contributed by atoms with Crippen LogP contribution in [-0.2, 0) is 0 Å². The van der Waals surface area contributed by atoms with Gasteiger partial charge in [-0.25, -0.2) is 4.98 Å². The average Bonchev–Trinajstić information content (AvgIpc) is 2.50. The fraction of sp³-hybridized carbons (Fsp3) is 0.688. The molecule has 0 bridgehead atoms. The Morgan fingerprint density at radius 2 is 1.74 bits per heavy atom. The van der Waals surface area contributed by atoms with E-state index in [9.17, 15) is 0 Å². The summed E-state index contributed by atoms with van der Waals surface area (Å²) in [4.78, 5) is 9.53. The van der Waals surface area contributed by atoms with Gasteiger partial charge in [0.2, 0.25) is 0 Å². The maximum Gasteiger partial charge on any atom is 0.128 e. The van der Waals surface area contributed by atoms with Gasteiger partial charge < -0.3 is 9.80 Å². The topological polar surface area (TPSA) is 19.4 Å². The van der Waals surface area contributed by atoms with E-state index in [1.54, 1.807) is 0 Å². The minimum atomic E-state index is 0.636. The minimum Gasteiger partial charge on any atom is -0.357 e. The molecule has 1 spiro atoms. The summed E-state index contributed by atoms with van der Waals surface area (Å²) in [6, 6.07) is 6.22. The number of rotatable bonds is 2. The minimum absolute atomic E-state index is 0.636. The summed E-state index contributed by atoms with van der Waals surface area (Å²) in [5.41, 5.74) is 0.636. The fourth-order valence-corrected chi connectivity index (χ4v) is 3.59. The van der Waals surface area contributed by atoms with Crippen LogP contribution >= 0.6 is 0 Å². The second-order valence-corrected chi connectivity index (χ2v) is 6.11. The lowest BCUT2D eigenvalue weighted by Gasteiger charge is -2.47. The second-order valence-electron chi connectivity index (χ2n) is 6.11. The van der Waals surface area contributed by atoms with E-state index >= 15 is 0 Å². The average molecular weight is 259 g/mol. The Labute approximate surface area is 116 Å². The van der Waals surface area contributed by atoms with Crippen molar-refractivity contribution in [2.24, 2.45) is 5.41 Å². The zero-order valence-corrected chi connectivity index (χ0v) is 12.0. The highest BCUT2D eigenvalue weighted by atomic mass is 15.2. The molecule has 0 aromatic carbocycles. The van der Waals surface area contributed by atoms with Crippen molar-refractivity contribution in [3.8, 4) is 0 Å². The highest BCUT2D eigenvalue weighted by Crippen LogP contribution is 2.41. The zero-order valence-electron chi connectivity index (χ0n) is 12.0. The van der Waals surface area contributed by atoms with Crippen LogP contribution in [0.5, 0.6) is 0 Å². The van der Waals surface area contributed by atoms with Gasteiger partial charge in [-0.15, -0.1) is 0 Å². The van der Waals surface area contributed by atoms with Crippen molar-refractivity contribution in [1.29, 1.82) is 0 Å². The van der Waals surface area contributed by atoms with Gasteiger partial charge in [-0.2, -0.15) is 0 Å². The predicted molar refractivity (Wildman–Crippen MR) is 79.5 cm³/mol. The van der Waals surface area contributed by atoms with Crippen LogP contribution in [0.15, 0.2) is 24.4 Å². The maximum absolute atomic E-state index is 4.48. The number of nitrogens with zero attached hydrogens (tertiary/aromatic N) is 3. The van der Waals surface area contributed by atoms with Crippen LogP contribution in [-0.4, -0.2) is 42.6 Å². The molecule has 19 heavy (non-hydrogen) atoms. The summed E-state index contributed by atoms with van der Waals surface area (Å²) in [7, 11) is 0. The molecule has 0 radical (unpaired) electrons. The molecule has 0 saturated carbocycles. The molecule has 0 unspecified atom stereocenters. The summed E-state index contributed by atoms with van der Waals surface area (Å²) in [5, 5.41) is 0. The number of hydrogen-bond acceptors (Lipinski definition) is 3. The van der Waals surface area contributed by atoms with Gasteiger partial charge in [0, 0.05) is 19.3 Å². The van der Waals surface area contributed by atoms with Crippen molar-refractivity contribution in [2.75, 3.05) is 37.6 Å². The van der Waals surface area contributed by atoms with Gasteiger partial charge >= 0.3 is 0 Å². The number of aromatic nitrogens is 1. The van der Waals surface area contributed by atoms with E-state index in [2.05, 4.69) is 33.8 Å². The number of pyridine rings is 1. The molecule has 0 N–H and O–H groups in total. The van der Waals surface area contributed by atoms with Crippen molar-refractivity contribution in [1.82, 2.24) is 9.88 Å². The molecule has 1 aromatic rings. The third-order valence-corrected chi connectivity index (χ3v) is 5.16. The Morgan fingerprint density at radius 3 is 2.32 bits per heavy atom. The molecule has 1 aromatic heterocycles. The van der Waals surface area contributed by atoms with Crippen molar-refractivity contribution < 1.29 is 0 Å². The number of anilines is 1. The summed E-state index contributed by atoms with van der Waals surface area (Å²) >= 11 is 0. The molecule has 3 nitrogen and oxygen atoms in total. The van der Waals surface area contributed by atoms with E-state index in [1.165, 1.54) is 58.4 Å². The van der Waals surface area contributed by atoms with Crippen molar-refractivity contribution in [3.63, 3.8) is 0 Å². The molecule has 2 fully saturated rings. The van der Waals surface area contributed by atoms with Gasteiger partial charge in [-0.1, -0.05) is 13.0 Å². The van der Waals surface area contributed by atoms with Crippen LogP contribution in [0, 0.1) is 5.41 Å². The molecular weight excluding hydrogens is 234 g/mol. The van der Waals surface area contributed by atoms with Crippen molar-refractivity contribution >= 4 is 5.82 Å². The summed E-state index contributed by atoms with van der Waals surface area (Å²) in [5.74, 6) is 1.16. The molecule has 2 saturated heterocycles. The van der Waals surface area contributed by atoms with Gasteiger partial charge in [0.15, 0.2) is 0 Å². The van der Waals surface area contributed by atoms with Crippen LogP contribution in [0.3, 0.4) is 0 Å². The molecule has 0 atom stereocenters. The van der Waals surface area contributed by atoms with Crippen molar-refractivity contribution in [3.05, 3.63) is 24.4 Å². The highest BCUT2D eigenvalue weighted by molar-refractivity contribution is 5.38. The largest absolute Gasteiger partial charge is 0.357 e. The summed E-state index contributed by atoms with van der Waals surface area (Å²) in [6.07, 6.45) is 7.40. The van der Waals surface area contributed by atoms with E-state index < -0.39 is 0 Å². The first-order valence-corrected chi connectivity index (χ1v) is 7.70. The molecular formula is C16H25N3. The van der Waals surface area contributed by atoms with E-state index in [1.807, 2.05) is 12.3 Å². The SMILES string of the molecule is CCN1CCC2(CC1)CCN(c1ccccn1)CC2. The first kappa shape index (κ1) is 12.9. The van der Waals surface area contributed by atoms with Gasteiger partial charge in [0.25, 0.3) is 0 Å². The number of likely N-dealkylation sites (tertiary alicyclic amines) is 1. The second kappa shape index (κ2) is 5.49. The van der Waals surface area contributed by atoms with Crippen LogP contribution < -0.4 is 4.90 Å². The van der Waals surface area contributed by atoms with Gasteiger partial charge in [-0.05, 0) is 62.9 Å². The van der Waals surface area contributed by atoms with Crippen LogP contribution in [0.4, 0.5) is 5.82 Å². The lowest BCUT2D eigenvalue weighted by atomic mass is 9.71. The molecule has 0 amide bonds. The van der Waals surface area contributed by atoms with Gasteiger partial charge in [0.1, 0.15) is 5.82 Å². The first-order valence-electron chi connectivity index (χ1n) is 7.70. The third-order valence-electron chi connectivity index (χ3n) is 5.16. The Balaban J connectivity index is 1.58. The molecule has 2 aliphatic heterocycles. The van der Waals surface area contributed by atoms with Gasteiger partial charge in [0.05, 0.1) is 0 Å². The Morgan fingerprint density at radius 1 is 1.05 bits per heavy atom. The highest BCUT2D eigenvalue weighted by Gasteiger charge is 2.37. The van der Waals surface area contributed by atoms with E-state index in [-0.39, 0.29) is 0 Å². The predicted octanol–water partition coefficient (Wildman–Crippen LogP) is 2.78. The normalized spacial score (nSPS) is 23.7. The lowest BCUT2D eigenvalue weighted by Crippen LogP contribution is -2.47. The first-order chi connectivity index (χ1) is 9.31. The van der Waals surface area contributed by atoms with E-state index in [0.717, 1.165) is 5.82 Å². The van der Waals surface area contributed by atoms with E-state index in [4.69, 9.17) is 0 Å².